The van der Waals surface area contributed by atoms with Gasteiger partial charge in [0.1, 0.15) is 0 Å². The minimum atomic E-state index is -0.435. The maximum absolute atomic E-state index is 13.1. The lowest BCUT2D eigenvalue weighted by Gasteiger charge is -2.38. The molecule has 1 amide bonds. The Morgan fingerprint density at radius 1 is 1.30 bits per heavy atom. The van der Waals surface area contributed by atoms with Gasteiger partial charge < -0.3 is 20.1 Å². The van der Waals surface area contributed by atoms with Gasteiger partial charge in [-0.25, -0.2) is 0 Å². The number of benzene rings is 1. The molecule has 0 aliphatic carbocycles. The molecular weight excluding hydrogens is 366 g/mol. The summed E-state index contributed by atoms with van der Waals surface area (Å²) in [5, 5.41) is 7.28. The summed E-state index contributed by atoms with van der Waals surface area (Å²) in [6.45, 7) is 5.88. The number of nitrogens with zero attached hydrogens (tertiary/aromatic N) is 1. The zero-order valence-corrected chi connectivity index (χ0v) is 16.8. The number of hydrogen-bond donors (Lipinski definition) is 2. The van der Waals surface area contributed by atoms with E-state index in [2.05, 4.69) is 15.5 Å². The predicted molar refractivity (Wildman–Crippen MR) is 106 cm³/mol. The molecule has 150 valence electrons. The number of rotatable bonds is 7. The van der Waals surface area contributed by atoms with Crippen LogP contribution in [0.25, 0.3) is 0 Å². The smallest absolute Gasteiger partial charge is 0.228 e. The number of amides is 1. The van der Waals surface area contributed by atoms with E-state index in [1.807, 2.05) is 24.3 Å². The van der Waals surface area contributed by atoms with Crippen molar-refractivity contribution in [2.24, 2.45) is 5.41 Å². The molecule has 1 aromatic carbocycles. The van der Waals surface area contributed by atoms with Gasteiger partial charge in [0, 0.05) is 31.8 Å². The molecule has 1 atom stereocenters. The van der Waals surface area contributed by atoms with Gasteiger partial charge in [0.05, 0.1) is 31.3 Å². The number of piperidine rings is 1. The summed E-state index contributed by atoms with van der Waals surface area (Å²) in [6, 6.07) is 8.02. The van der Waals surface area contributed by atoms with Crippen LogP contribution in [0.4, 0.5) is 0 Å². The number of hydrogen-bond acceptors (Lipinski definition) is 5. The van der Waals surface area contributed by atoms with Gasteiger partial charge in [-0.3, -0.25) is 9.69 Å². The first-order valence-corrected chi connectivity index (χ1v) is 10.1. The molecule has 0 bridgehead atoms. The number of halogens is 1. The van der Waals surface area contributed by atoms with Crippen LogP contribution < -0.4 is 10.6 Å². The molecule has 7 heteroatoms. The molecule has 2 aliphatic heterocycles. The summed E-state index contributed by atoms with van der Waals surface area (Å²) in [7, 11) is 1.67. The Morgan fingerprint density at radius 3 is 2.59 bits per heavy atom. The number of morpholine rings is 1. The quantitative estimate of drug-likeness (QED) is 0.737. The second-order valence-corrected chi connectivity index (χ2v) is 7.83. The second kappa shape index (κ2) is 9.85. The molecule has 2 heterocycles. The Balaban J connectivity index is 1.71. The lowest BCUT2D eigenvalue weighted by atomic mass is 9.78. The van der Waals surface area contributed by atoms with Gasteiger partial charge >= 0.3 is 0 Å². The first kappa shape index (κ1) is 20.6. The van der Waals surface area contributed by atoms with Crippen LogP contribution in [0, 0.1) is 5.41 Å². The van der Waals surface area contributed by atoms with E-state index < -0.39 is 5.41 Å². The highest BCUT2D eigenvalue weighted by Crippen LogP contribution is 2.30. The number of methoxy groups -OCH3 is 1. The molecule has 2 fully saturated rings. The Morgan fingerprint density at radius 2 is 1.96 bits per heavy atom. The summed E-state index contributed by atoms with van der Waals surface area (Å²) < 4.78 is 10.9. The van der Waals surface area contributed by atoms with E-state index in [4.69, 9.17) is 21.1 Å². The second-order valence-electron chi connectivity index (χ2n) is 7.39. The molecule has 27 heavy (non-hydrogen) atoms. The average molecular weight is 396 g/mol. The minimum absolute atomic E-state index is 0.0954. The summed E-state index contributed by atoms with van der Waals surface area (Å²) in [5.74, 6) is 0.0954. The van der Waals surface area contributed by atoms with E-state index in [1.54, 1.807) is 7.11 Å². The normalized spacial score (nSPS) is 21.6. The monoisotopic (exact) mass is 395 g/mol. The van der Waals surface area contributed by atoms with Crippen molar-refractivity contribution in [1.29, 1.82) is 0 Å². The van der Waals surface area contributed by atoms with Gasteiger partial charge in [0.2, 0.25) is 5.91 Å². The number of carbonyl (C=O) groups is 1. The van der Waals surface area contributed by atoms with Gasteiger partial charge in [0.15, 0.2) is 0 Å². The minimum Gasteiger partial charge on any atom is -0.384 e. The van der Waals surface area contributed by atoms with Crippen LogP contribution in [-0.2, 0) is 14.3 Å². The molecule has 2 N–H and O–H groups in total. The van der Waals surface area contributed by atoms with E-state index in [0.29, 0.717) is 13.2 Å². The SMILES string of the molecule is COCC1(C(=O)NCC(c2ccc(Cl)cc2)N2CCOCC2)CCNCC1. The van der Waals surface area contributed by atoms with Crippen LogP contribution >= 0.6 is 11.6 Å². The number of ether oxygens (including phenoxy) is 2. The molecular formula is C20H30ClN3O3. The fraction of sp³-hybridized carbons (Fsp3) is 0.650. The fourth-order valence-electron chi connectivity index (χ4n) is 4.03. The summed E-state index contributed by atoms with van der Waals surface area (Å²) in [6.07, 6.45) is 1.60. The van der Waals surface area contributed by atoms with Crippen molar-refractivity contribution in [3.05, 3.63) is 34.9 Å². The van der Waals surface area contributed by atoms with E-state index in [0.717, 1.165) is 62.8 Å². The van der Waals surface area contributed by atoms with Crippen LogP contribution in [0.15, 0.2) is 24.3 Å². The molecule has 3 rings (SSSR count). The van der Waals surface area contributed by atoms with E-state index >= 15 is 0 Å². The van der Waals surface area contributed by atoms with Crippen LogP contribution in [0.1, 0.15) is 24.4 Å². The Bertz CT molecular complexity index is 593. The van der Waals surface area contributed by atoms with Crippen molar-refractivity contribution in [2.45, 2.75) is 18.9 Å². The maximum Gasteiger partial charge on any atom is 0.228 e. The molecule has 2 saturated heterocycles. The van der Waals surface area contributed by atoms with Crippen molar-refractivity contribution in [3.8, 4) is 0 Å². The van der Waals surface area contributed by atoms with Gasteiger partial charge in [-0.1, -0.05) is 23.7 Å². The van der Waals surface area contributed by atoms with E-state index in [1.165, 1.54) is 0 Å². The maximum atomic E-state index is 13.1. The Hall–Kier alpha value is -1.18. The van der Waals surface area contributed by atoms with Crippen molar-refractivity contribution < 1.29 is 14.3 Å². The molecule has 1 unspecified atom stereocenters. The highest BCUT2D eigenvalue weighted by molar-refractivity contribution is 6.30. The van der Waals surface area contributed by atoms with E-state index in [-0.39, 0.29) is 11.9 Å². The van der Waals surface area contributed by atoms with Crippen molar-refractivity contribution in [3.63, 3.8) is 0 Å². The molecule has 0 aromatic heterocycles. The standard InChI is InChI=1S/C20H30ClN3O3/c1-26-15-20(6-8-22-9-7-20)19(25)23-14-18(24-10-12-27-13-11-24)16-2-4-17(21)5-3-16/h2-5,18,22H,6-15H2,1H3,(H,23,25). The van der Waals surface area contributed by atoms with Crippen LogP contribution in [0.2, 0.25) is 5.02 Å². The number of carbonyl (C=O) groups excluding carboxylic acids is 1. The molecule has 0 spiro atoms. The van der Waals surface area contributed by atoms with Crippen LogP contribution in [0.3, 0.4) is 0 Å². The third-order valence-corrected chi connectivity index (χ3v) is 5.91. The van der Waals surface area contributed by atoms with Crippen molar-refractivity contribution in [2.75, 3.05) is 59.7 Å². The molecule has 2 aliphatic rings. The number of nitrogens with one attached hydrogen (secondary N) is 2. The highest BCUT2D eigenvalue weighted by atomic mass is 35.5. The average Bonchev–Trinajstić information content (AvgIpc) is 2.71. The van der Waals surface area contributed by atoms with Crippen LogP contribution in [-0.4, -0.2) is 70.5 Å². The van der Waals surface area contributed by atoms with Crippen molar-refractivity contribution >= 4 is 17.5 Å². The Labute approximate surface area is 166 Å². The van der Waals surface area contributed by atoms with Gasteiger partial charge in [0.25, 0.3) is 0 Å². The zero-order valence-electron chi connectivity index (χ0n) is 16.0. The molecule has 1 aromatic rings. The summed E-state index contributed by atoms with van der Waals surface area (Å²) in [5.41, 5.74) is 0.725. The lowest BCUT2D eigenvalue weighted by molar-refractivity contribution is -0.136. The highest BCUT2D eigenvalue weighted by Gasteiger charge is 2.40. The first-order chi connectivity index (χ1) is 13.1. The van der Waals surface area contributed by atoms with Gasteiger partial charge in [-0.05, 0) is 43.6 Å². The molecule has 0 radical (unpaired) electrons. The van der Waals surface area contributed by atoms with E-state index in [9.17, 15) is 4.79 Å². The first-order valence-electron chi connectivity index (χ1n) is 9.70. The van der Waals surface area contributed by atoms with Crippen LogP contribution in [0.5, 0.6) is 0 Å². The van der Waals surface area contributed by atoms with Crippen molar-refractivity contribution in [1.82, 2.24) is 15.5 Å². The Kier molecular flexibility index (Phi) is 7.49. The largest absolute Gasteiger partial charge is 0.384 e. The molecule has 0 saturated carbocycles. The summed E-state index contributed by atoms with van der Waals surface area (Å²) in [4.78, 5) is 15.5. The summed E-state index contributed by atoms with van der Waals surface area (Å²) >= 11 is 6.06. The fourth-order valence-corrected chi connectivity index (χ4v) is 4.15. The van der Waals surface area contributed by atoms with Gasteiger partial charge in [-0.2, -0.15) is 0 Å². The van der Waals surface area contributed by atoms with Gasteiger partial charge in [-0.15, -0.1) is 0 Å². The topological polar surface area (TPSA) is 62.8 Å². The predicted octanol–water partition coefficient (Wildman–Crippen LogP) is 1.85. The zero-order chi connectivity index (χ0) is 19.1. The lowest BCUT2D eigenvalue weighted by Crippen LogP contribution is -2.52. The third-order valence-electron chi connectivity index (χ3n) is 5.66. The molecule has 6 nitrogen and oxygen atoms in total. The third kappa shape index (κ3) is 5.21.